The van der Waals surface area contributed by atoms with Gasteiger partial charge in [-0.15, -0.1) is 0 Å². The van der Waals surface area contributed by atoms with Gasteiger partial charge in [0.15, 0.2) is 0 Å². The number of hydrogen-bond donors (Lipinski definition) is 1. The van der Waals surface area contributed by atoms with E-state index in [1.807, 2.05) is 0 Å². The molecule has 1 aliphatic rings. The van der Waals surface area contributed by atoms with Crippen LogP contribution in [0.5, 0.6) is 5.75 Å². The standard InChI is InChI=1S/C17H12ClN3O5/c1-26-15-10(7-11(18)9-14(15)21(24)25)8-13-16(22)19-20(17(13)23)12-5-3-2-4-6-12/h2-9H,1H3,(H,19,22). The number of amides is 2. The number of halogens is 1. The number of nitro groups is 1. The fraction of sp³-hybridized carbons (Fsp3) is 0.0588. The van der Waals surface area contributed by atoms with E-state index in [9.17, 15) is 19.7 Å². The first-order valence-corrected chi connectivity index (χ1v) is 7.74. The summed E-state index contributed by atoms with van der Waals surface area (Å²) < 4.78 is 5.08. The van der Waals surface area contributed by atoms with Crippen molar-refractivity contribution in [2.24, 2.45) is 0 Å². The zero-order valence-corrected chi connectivity index (χ0v) is 14.2. The number of benzene rings is 2. The van der Waals surface area contributed by atoms with Crippen LogP contribution in [0.25, 0.3) is 6.08 Å². The third-order valence-corrected chi connectivity index (χ3v) is 3.89. The highest BCUT2D eigenvalue weighted by atomic mass is 35.5. The summed E-state index contributed by atoms with van der Waals surface area (Å²) in [5.74, 6) is -1.32. The highest BCUT2D eigenvalue weighted by molar-refractivity contribution is 6.32. The lowest BCUT2D eigenvalue weighted by Gasteiger charge is -2.13. The van der Waals surface area contributed by atoms with Gasteiger partial charge in [0, 0.05) is 16.7 Å². The Kier molecular flexibility index (Phi) is 4.59. The van der Waals surface area contributed by atoms with E-state index < -0.39 is 16.7 Å². The first-order valence-electron chi connectivity index (χ1n) is 7.36. The Hall–Kier alpha value is -3.39. The Morgan fingerprint density at radius 3 is 2.54 bits per heavy atom. The zero-order valence-electron chi connectivity index (χ0n) is 13.4. The Morgan fingerprint density at radius 2 is 1.92 bits per heavy atom. The van der Waals surface area contributed by atoms with Crippen LogP contribution in [-0.4, -0.2) is 23.8 Å². The maximum atomic E-state index is 12.6. The van der Waals surface area contributed by atoms with Crippen molar-refractivity contribution in [3.8, 4) is 5.75 Å². The largest absolute Gasteiger partial charge is 0.490 e. The topological polar surface area (TPSA) is 102 Å². The molecule has 132 valence electrons. The molecule has 0 unspecified atom stereocenters. The van der Waals surface area contributed by atoms with E-state index in [-0.39, 0.29) is 27.6 Å². The second kappa shape index (κ2) is 6.85. The van der Waals surface area contributed by atoms with Crippen LogP contribution in [0.15, 0.2) is 48.0 Å². The minimum atomic E-state index is -0.653. The van der Waals surface area contributed by atoms with Gasteiger partial charge in [-0.25, -0.2) is 5.01 Å². The molecular weight excluding hydrogens is 362 g/mol. The SMILES string of the molecule is COc1c(C=C2C(=O)NN(c3ccccc3)C2=O)cc(Cl)cc1[N+](=O)[O-]. The number of carbonyl (C=O) groups is 2. The van der Waals surface area contributed by atoms with Gasteiger partial charge in [0.1, 0.15) is 5.57 Å². The van der Waals surface area contributed by atoms with Crippen molar-refractivity contribution < 1.29 is 19.2 Å². The molecule has 9 heteroatoms. The predicted octanol–water partition coefficient (Wildman–Crippen LogP) is 2.72. The molecule has 1 aliphatic heterocycles. The number of carbonyl (C=O) groups excluding carboxylic acids is 2. The predicted molar refractivity (Wildman–Crippen MR) is 94.7 cm³/mol. The third kappa shape index (κ3) is 3.09. The van der Waals surface area contributed by atoms with Crippen LogP contribution >= 0.6 is 11.6 Å². The Bertz CT molecular complexity index is 943. The van der Waals surface area contributed by atoms with Gasteiger partial charge in [0.05, 0.1) is 17.7 Å². The Labute approximate surface area is 152 Å². The first kappa shape index (κ1) is 17.4. The van der Waals surface area contributed by atoms with Crippen molar-refractivity contribution in [3.63, 3.8) is 0 Å². The van der Waals surface area contributed by atoms with Crippen molar-refractivity contribution in [1.29, 1.82) is 0 Å². The average Bonchev–Trinajstić information content (AvgIpc) is 2.90. The molecule has 26 heavy (non-hydrogen) atoms. The van der Waals surface area contributed by atoms with Crippen LogP contribution in [0.2, 0.25) is 5.02 Å². The normalized spacial score (nSPS) is 15.3. The second-order valence-corrected chi connectivity index (χ2v) is 5.72. The molecule has 2 aromatic carbocycles. The fourth-order valence-electron chi connectivity index (χ4n) is 2.54. The fourth-order valence-corrected chi connectivity index (χ4v) is 2.76. The van der Waals surface area contributed by atoms with E-state index in [4.69, 9.17) is 16.3 Å². The summed E-state index contributed by atoms with van der Waals surface area (Å²) >= 11 is 5.92. The highest BCUT2D eigenvalue weighted by Gasteiger charge is 2.35. The summed E-state index contributed by atoms with van der Waals surface area (Å²) in [6.07, 6.45) is 1.22. The lowest BCUT2D eigenvalue weighted by atomic mass is 10.1. The zero-order chi connectivity index (χ0) is 18.8. The van der Waals surface area contributed by atoms with E-state index in [2.05, 4.69) is 5.43 Å². The van der Waals surface area contributed by atoms with Crippen molar-refractivity contribution in [2.45, 2.75) is 0 Å². The average molecular weight is 374 g/mol. The van der Waals surface area contributed by atoms with Crippen LogP contribution in [0.3, 0.4) is 0 Å². The number of anilines is 1. The molecule has 1 saturated heterocycles. The molecular formula is C17H12ClN3O5. The number of para-hydroxylation sites is 1. The Morgan fingerprint density at radius 1 is 1.23 bits per heavy atom. The summed E-state index contributed by atoms with van der Waals surface area (Å²) in [4.78, 5) is 35.3. The number of nitrogens with one attached hydrogen (secondary N) is 1. The van der Waals surface area contributed by atoms with Crippen LogP contribution in [0.1, 0.15) is 5.56 Å². The van der Waals surface area contributed by atoms with Gasteiger partial charge < -0.3 is 4.74 Å². The number of methoxy groups -OCH3 is 1. The van der Waals surface area contributed by atoms with E-state index in [1.165, 1.54) is 19.3 Å². The third-order valence-electron chi connectivity index (χ3n) is 3.67. The molecule has 8 nitrogen and oxygen atoms in total. The van der Waals surface area contributed by atoms with Gasteiger partial charge in [0.2, 0.25) is 5.75 Å². The minimum absolute atomic E-state index is 0.0788. The van der Waals surface area contributed by atoms with Crippen LogP contribution in [0.4, 0.5) is 11.4 Å². The number of ether oxygens (including phenoxy) is 1. The quantitative estimate of drug-likeness (QED) is 0.384. The summed E-state index contributed by atoms with van der Waals surface area (Å²) in [6.45, 7) is 0. The molecule has 1 N–H and O–H groups in total. The lowest BCUT2D eigenvalue weighted by Crippen LogP contribution is -2.35. The van der Waals surface area contributed by atoms with E-state index in [0.717, 1.165) is 11.1 Å². The minimum Gasteiger partial charge on any atom is -0.490 e. The van der Waals surface area contributed by atoms with Crippen LogP contribution < -0.4 is 15.2 Å². The molecule has 0 atom stereocenters. The number of rotatable bonds is 4. The van der Waals surface area contributed by atoms with Crippen LogP contribution in [0, 0.1) is 10.1 Å². The number of nitro benzene ring substituents is 1. The molecule has 0 saturated carbocycles. The smallest absolute Gasteiger partial charge is 0.313 e. The molecule has 1 heterocycles. The molecule has 1 fully saturated rings. The Balaban J connectivity index is 2.07. The lowest BCUT2D eigenvalue weighted by molar-refractivity contribution is -0.385. The van der Waals surface area contributed by atoms with Crippen molar-refractivity contribution >= 4 is 40.9 Å². The number of hydrazine groups is 1. The first-order chi connectivity index (χ1) is 12.4. The monoisotopic (exact) mass is 373 g/mol. The summed E-state index contributed by atoms with van der Waals surface area (Å²) in [6, 6.07) is 11.1. The molecule has 0 spiro atoms. The molecule has 2 aromatic rings. The summed E-state index contributed by atoms with van der Waals surface area (Å²) in [5, 5.41) is 12.4. The van der Waals surface area contributed by atoms with Crippen molar-refractivity contribution in [1.82, 2.24) is 5.43 Å². The van der Waals surface area contributed by atoms with Gasteiger partial charge in [-0.1, -0.05) is 29.8 Å². The van der Waals surface area contributed by atoms with E-state index in [0.29, 0.717) is 5.69 Å². The number of nitrogens with zero attached hydrogens (tertiary/aromatic N) is 2. The molecule has 0 bridgehead atoms. The van der Waals surface area contributed by atoms with Gasteiger partial charge in [0.25, 0.3) is 11.8 Å². The van der Waals surface area contributed by atoms with Crippen molar-refractivity contribution in [3.05, 3.63) is 68.7 Å². The van der Waals surface area contributed by atoms with Crippen LogP contribution in [-0.2, 0) is 9.59 Å². The maximum absolute atomic E-state index is 12.6. The van der Waals surface area contributed by atoms with Gasteiger partial charge >= 0.3 is 5.69 Å². The highest BCUT2D eigenvalue weighted by Crippen LogP contribution is 2.36. The molecule has 2 amide bonds. The molecule has 0 radical (unpaired) electrons. The van der Waals surface area contributed by atoms with Gasteiger partial charge in [-0.05, 0) is 24.3 Å². The van der Waals surface area contributed by atoms with Gasteiger partial charge in [-0.3, -0.25) is 25.1 Å². The molecule has 0 aliphatic carbocycles. The van der Waals surface area contributed by atoms with E-state index in [1.54, 1.807) is 30.3 Å². The maximum Gasteiger partial charge on any atom is 0.313 e. The molecule has 0 aromatic heterocycles. The summed E-state index contributed by atoms with van der Waals surface area (Å²) in [5.41, 5.74) is 2.53. The van der Waals surface area contributed by atoms with Crippen molar-refractivity contribution in [2.75, 3.05) is 12.1 Å². The molecule has 3 rings (SSSR count). The summed E-state index contributed by atoms with van der Waals surface area (Å²) in [7, 11) is 1.26. The second-order valence-electron chi connectivity index (χ2n) is 5.28. The van der Waals surface area contributed by atoms with E-state index >= 15 is 0 Å². The van der Waals surface area contributed by atoms with Gasteiger partial charge in [-0.2, -0.15) is 0 Å². The number of hydrogen-bond acceptors (Lipinski definition) is 5.